The Morgan fingerprint density at radius 1 is 0.610 bits per heavy atom. The van der Waals surface area contributed by atoms with E-state index >= 15 is 0 Å². The van der Waals surface area contributed by atoms with Gasteiger partial charge >= 0.3 is 41.5 Å². The number of esters is 2. The van der Waals surface area contributed by atoms with E-state index in [4.69, 9.17) is 16.6 Å². The Kier molecular flexibility index (Phi) is 439. The zero-order valence-corrected chi connectivity index (χ0v) is 73.2. The van der Waals surface area contributed by atoms with Gasteiger partial charge in [-0.15, -0.1) is 6.61 Å². The third kappa shape index (κ3) is 180. The number of urea groups is 1. The van der Waals surface area contributed by atoms with E-state index in [-0.39, 0.29) is 584 Å². The molecule has 0 saturated carbocycles. The maximum Gasteiger partial charge on any atom is 1.00 e. The van der Waals surface area contributed by atoms with Gasteiger partial charge in [-0.1, -0.05) is 33.2 Å². The molecule has 0 heterocycles. The quantitative estimate of drug-likeness (QED) is 0.138. The Hall–Kier alpha value is 16.5. The molecule has 0 aromatic rings. The van der Waals surface area contributed by atoms with E-state index in [1.165, 1.54) is 7.05 Å². The van der Waals surface area contributed by atoms with Gasteiger partial charge in [-0.3, -0.25) is 14.4 Å². The summed E-state index contributed by atoms with van der Waals surface area (Å²) in [4.78, 5) is 30.6. The second-order valence-corrected chi connectivity index (χ2v) is 3.64. The number of ether oxygens (including phenoxy) is 2. The number of hydrogen-bond donors (Lipinski definition) is 2. The van der Waals surface area contributed by atoms with Gasteiger partial charge in [-0.05, 0) is 19.0 Å². The number of hydrogen-bond acceptors (Lipinski definition) is 7. The summed E-state index contributed by atoms with van der Waals surface area (Å²) in [6.45, 7) is 5.52. The SMILES string of the molecule is CCOC(=O)CC(=O)OCC.CC[O-].CNC([NH-])=O.CNC([NH-])=S.[Na+].[Y].[Y].[Y].[Y].[Y].[Y].[Y].[Y].[Y].[Y].[Y].[Y].[Y].[Y].[Y].[Y]. The molecule has 0 aromatic heterocycles. The second-order valence-electron chi connectivity index (χ2n) is 3.23. The van der Waals surface area contributed by atoms with Crippen LogP contribution < -0.4 is 45.3 Å². The van der Waals surface area contributed by atoms with Crippen LogP contribution in [0.2, 0.25) is 0 Å². The first-order valence-electron chi connectivity index (χ1n) is 6.92. The first-order valence-corrected chi connectivity index (χ1v) is 7.33. The van der Waals surface area contributed by atoms with Crippen molar-refractivity contribution in [3.8, 4) is 0 Å². The minimum atomic E-state index is -0.745. The number of thiocarbonyl (C=S) groups is 1. The van der Waals surface area contributed by atoms with Crippen molar-refractivity contribution in [2.75, 3.05) is 33.9 Å². The first-order chi connectivity index (χ1) is 11.2. The Morgan fingerprint density at radius 2 is 0.756 bits per heavy atom. The van der Waals surface area contributed by atoms with Crippen molar-refractivity contribution in [3.05, 3.63) is 11.5 Å². The van der Waals surface area contributed by atoms with E-state index in [9.17, 15) is 14.4 Å². The van der Waals surface area contributed by atoms with Crippen LogP contribution in [-0.4, -0.2) is 57.0 Å². The van der Waals surface area contributed by atoms with Gasteiger partial charge < -0.3 is 36.7 Å². The van der Waals surface area contributed by atoms with Gasteiger partial charge in [-0.2, -0.15) is 0 Å². The van der Waals surface area contributed by atoms with Crippen molar-refractivity contribution in [3.63, 3.8) is 0 Å². The van der Waals surface area contributed by atoms with Crippen molar-refractivity contribution in [1.82, 2.24) is 10.6 Å². The summed E-state index contributed by atoms with van der Waals surface area (Å²) >= 11 is 4.25. The Balaban J connectivity index is -0.00000000640. The van der Waals surface area contributed by atoms with Crippen LogP contribution in [0, 0.1) is 0 Å². The number of rotatable bonds is 4. The van der Waals surface area contributed by atoms with E-state index in [1.807, 2.05) is 0 Å². The third-order valence-corrected chi connectivity index (χ3v) is 1.56. The molecule has 0 aliphatic rings. The van der Waals surface area contributed by atoms with Gasteiger partial charge in [0.05, 0.1) is 13.2 Å². The molecule has 0 aromatic carbocycles. The number of nitrogens with one attached hydrogen (secondary N) is 4. The predicted molar refractivity (Wildman–Crippen MR) is 93.2 cm³/mol. The summed E-state index contributed by atoms with van der Waals surface area (Å²) in [6, 6.07) is -0.745. The molecule has 10 nitrogen and oxygen atoms in total. The summed E-state index contributed by atoms with van der Waals surface area (Å²) in [5, 5.41) is 13.5. The minimum absolute atomic E-state index is 0. The summed E-state index contributed by atoms with van der Waals surface area (Å²) in [7, 11) is 3.03. The zero-order valence-electron chi connectivity index (χ0n) is 24.9. The molecule has 0 spiro atoms. The molecular weight excluding hydrogens is 1790 g/mol. The normalized spacial score (nSPS) is 4.44. The van der Waals surface area contributed by atoms with E-state index in [0.717, 1.165) is 0 Å². The van der Waals surface area contributed by atoms with Gasteiger partial charge in [0.15, 0.2) is 0 Å². The fourth-order valence-corrected chi connectivity index (χ4v) is 0.542. The van der Waals surface area contributed by atoms with Crippen LogP contribution in [0.5, 0.6) is 0 Å². The average Bonchev–Trinajstić information content (AvgIpc) is 2.49. The molecule has 0 aliphatic heterocycles. The third-order valence-electron chi connectivity index (χ3n) is 1.35. The van der Waals surface area contributed by atoms with Crippen LogP contribution in [0.1, 0.15) is 27.2 Å². The standard InChI is InChI=1S/C7H12O4.C2H6N2O.C2H6N2S.C2H5O.Na.16Y/c1-3-10-6(8)5-7(9)11-4-2;2*1-4-2(3)5;1-2-3;;;;;;;;;;;;;;;;;/h3-5H2,1-2H3;2*1H3,(H3,3,4,5);2H2,1H3;;;;;;;;;;;;;;;;;/q;;;-1;+1;;;;;;;;;;;;;;;;/p-2. The van der Waals surface area contributed by atoms with Gasteiger partial charge in [0.1, 0.15) is 12.5 Å². The Bertz CT molecular complexity index is 358. The summed E-state index contributed by atoms with van der Waals surface area (Å²) in [5.74, 6) is -1.07. The zero-order chi connectivity index (χ0) is 20.0. The molecule has 0 fully saturated rings. The molecule has 4 N–H and O–H groups in total. The summed E-state index contributed by atoms with van der Waals surface area (Å²) in [6.07, 6.45) is -0.290. The molecule has 28 heteroatoms. The van der Waals surface area contributed by atoms with Crippen LogP contribution in [0.25, 0.3) is 11.5 Å². The largest absolute Gasteiger partial charge is 1.00 e. The maximum absolute atomic E-state index is 10.6. The molecule has 16 radical (unpaired) electrons. The number of carbonyl (C=O) groups excluding carboxylic acids is 3. The molecule has 0 bridgehead atoms. The van der Waals surface area contributed by atoms with Gasteiger partial charge in [0, 0.05) is 523 Å². The van der Waals surface area contributed by atoms with Crippen molar-refractivity contribution in [2.45, 2.75) is 27.2 Å². The second kappa shape index (κ2) is 131. The van der Waals surface area contributed by atoms with Crippen LogP contribution in [0.15, 0.2) is 0 Å². The summed E-state index contributed by atoms with van der Waals surface area (Å²) < 4.78 is 9.04. The minimum Gasteiger partial charge on any atom is -0.855 e. The molecule has 192 valence electrons. The molecule has 0 unspecified atom stereocenters. The van der Waals surface area contributed by atoms with Crippen LogP contribution >= 0.6 is 12.2 Å². The molecule has 0 aliphatic carbocycles. The average molecular weight is 1810 g/mol. The number of amides is 2. The fraction of sp³-hybridized carbons (Fsp3) is 0.692. The van der Waals surface area contributed by atoms with Crippen molar-refractivity contribution < 1.29 is 582 Å². The van der Waals surface area contributed by atoms with Gasteiger partial charge in [0.2, 0.25) is 0 Å². The monoisotopic (exact) mass is 1810 g/mol. The van der Waals surface area contributed by atoms with E-state index in [0.29, 0.717) is 0 Å². The van der Waals surface area contributed by atoms with Crippen LogP contribution in [-0.2, 0) is 542 Å². The molecule has 0 rings (SSSR count). The van der Waals surface area contributed by atoms with Crippen molar-refractivity contribution >= 4 is 35.3 Å². The molecule has 2 amide bonds. The smallest absolute Gasteiger partial charge is 0.855 e. The molecule has 41 heavy (non-hydrogen) atoms. The van der Waals surface area contributed by atoms with Crippen LogP contribution in [0.3, 0.4) is 0 Å². The van der Waals surface area contributed by atoms with Gasteiger partial charge in [0.25, 0.3) is 0 Å². The Labute approximate surface area is 678 Å². The van der Waals surface area contributed by atoms with Gasteiger partial charge in [-0.25, -0.2) is 0 Å². The fourth-order valence-electron chi connectivity index (χ4n) is 0.542. The number of carbonyl (C=O) groups is 3. The van der Waals surface area contributed by atoms with E-state index in [2.05, 4.69) is 32.3 Å². The van der Waals surface area contributed by atoms with E-state index < -0.39 is 18.0 Å². The summed E-state index contributed by atoms with van der Waals surface area (Å²) in [5.41, 5.74) is 12.5. The molecule has 0 atom stereocenters. The van der Waals surface area contributed by atoms with E-state index in [1.54, 1.807) is 27.8 Å². The first kappa shape index (κ1) is 138. The topological polar surface area (TPSA) is 164 Å². The molecular formula is C13H27N4NaO6SY16-2. The van der Waals surface area contributed by atoms with Crippen molar-refractivity contribution in [2.24, 2.45) is 0 Å². The Morgan fingerprint density at radius 3 is 0.829 bits per heavy atom. The molecule has 0 saturated heterocycles. The maximum atomic E-state index is 10.6. The van der Waals surface area contributed by atoms with Crippen LogP contribution in [0.4, 0.5) is 4.79 Å². The van der Waals surface area contributed by atoms with Crippen molar-refractivity contribution in [1.29, 1.82) is 0 Å². The predicted octanol–water partition coefficient (Wildman–Crippen LogP) is -2.25.